The zero-order valence-electron chi connectivity index (χ0n) is 13.5. The fraction of sp³-hybridized carbons (Fsp3) is 0.0476. The van der Waals surface area contributed by atoms with E-state index in [2.05, 4.69) is 5.32 Å². The molecule has 25 heavy (non-hydrogen) atoms. The lowest BCUT2D eigenvalue weighted by molar-refractivity contribution is -0.115. The van der Waals surface area contributed by atoms with Crippen molar-refractivity contribution in [1.82, 2.24) is 0 Å². The van der Waals surface area contributed by atoms with Crippen molar-refractivity contribution in [3.63, 3.8) is 0 Å². The topological polar surface area (TPSA) is 46.2 Å². The summed E-state index contributed by atoms with van der Waals surface area (Å²) in [6, 6.07) is 20.4. The highest BCUT2D eigenvalue weighted by atomic mass is 32.1. The molecule has 0 radical (unpaired) electrons. The summed E-state index contributed by atoms with van der Waals surface area (Å²) in [6.07, 6.45) is 3.66. The first-order valence-electron chi connectivity index (χ1n) is 7.90. The van der Waals surface area contributed by atoms with Gasteiger partial charge >= 0.3 is 0 Å². The van der Waals surface area contributed by atoms with Crippen molar-refractivity contribution in [2.45, 2.75) is 6.42 Å². The number of anilines is 1. The van der Waals surface area contributed by atoms with Crippen molar-refractivity contribution in [1.29, 1.82) is 0 Å². The molecule has 1 N–H and O–H groups in total. The number of nitrogens with one attached hydrogen (secondary N) is 1. The van der Waals surface area contributed by atoms with E-state index in [0.717, 1.165) is 16.1 Å². The number of amides is 1. The summed E-state index contributed by atoms with van der Waals surface area (Å²) in [5.41, 5.74) is 2.23. The van der Waals surface area contributed by atoms with E-state index in [1.54, 1.807) is 35.6 Å². The van der Waals surface area contributed by atoms with Crippen LogP contribution >= 0.6 is 11.3 Å². The maximum absolute atomic E-state index is 12.1. The third kappa shape index (κ3) is 4.99. The second-order valence-electron chi connectivity index (χ2n) is 5.49. The van der Waals surface area contributed by atoms with Crippen LogP contribution in [0.1, 0.15) is 20.8 Å². The van der Waals surface area contributed by atoms with E-state index in [0.29, 0.717) is 12.0 Å². The van der Waals surface area contributed by atoms with E-state index in [1.165, 1.54) is 0 Å². The first-order chi connectivity index (χ1) is 12.2. The number of benzene rings is 2. The van der Waals surface area contributed by atoms with Crippen LogP contribution in [0.4, 0.5) is 5.69 Å². The maximum atomic E-state index is 12.1. The molecule has 0 aliphatic carbocycles. The standard InChI is InChI=1S/C21H17NO2S/c23-20(17-7-2-1-3-8-17)12-11-16-6-4-9-18(14-16)22-21(24)15-19-10-5-13-25-19/h1-14H,15H2,(H,22,24)/b12-11+. The Kier molecular flexibility index (Phi) is 5.54. The first-order valence-corrected chi connectivity index (χ1v) is 8.78. The third-order valence-corrected chi connectivity index (χ3v) is 4.45. The molecule has 3 aromatic rings. The summed E-state index contributed by atoms with van der Waals surface area (Å²) >= 11 is 1.56. The molecule has 1 amide bonds. The predicted molar refractivity (Wildman–Crippen MR) is 103 cm³/mol. The number of ketones is 1. The van der Waals surface area contributed by atoms with Gasteiger partial charge in [0, 0.05) is 16.1 Å². The molecule has 0 spiro atoms. The number of carbonyl (C=O) groups excluding carboxylic acids is 2. The molecule has 0 aliphatic rings. The van der Waals surface area contributed by atoms with Gasteiger partial charge in [-0.15, -0.1) is 11.3 Å². The van der Waals surface area contributed by atoms with Crippen LogP contribution in [0.25, 0.3) is 6.08 Å². The van der Waals surface area contributed by atoms with Gasteiger partial charge in [-0.1, -0.05) is 54.6 Å². The average molecular weight is 347 g/mol. The molecule has 0 atom stereocenters. The fourth-order valence-corrected chi connectivity index (χ4v) is 3.07. The maximum Gasteiger partial charge on any atom is 0.229 e. The quantitative estimate of drug-likeness (QED) is 0.513. The van der Waals surface area contributed by atoms with Gasteiger partial charge in [0.15, 0.2) is 5.78 Å². The molecular formula is C21H17NO2S. The summed E-state index contributed by atoms with van der Waals surface area (Å²) in [4.78, 5) is 25.2. The van der Waals surface area contributed by atoms with Crippen LogP contribution in [0, 0.1) is 0 Å². The summed E-state index contributed by atoms with van der Waals surface area (Å²) < 4.78 is 0. The minimum atomic E-state index is -0.0519. The lowest BCUT2D eigenvalue weighted by Crippen LogP contribution is -2.13. The Bertz CT molecular complexity index is 883. The molecule has 0 bridgehead atoms. The van der Waals surface area contributed by atoms with Gasteiger partial charge < -0.3 is 5.32 Å². The molecule has 3 nitrogen and oxygen atoms in total. The van der Waals surface area contributed by atoms with E-state index in [-0.39, 0.29) is 11.7 Å². The highest BCUT2D eigenvalue weighted by Crippen LogP contribution is 2.15. The molecule has 0 saturated heterocycles. The third-order valence-electron chi connectivity index (χ3n) is 3.57. The van der Waals surface area contributed by atoms with Gasteiger partial charge in [-0.3, -0.25) is 9.59 Å². The van der Waals surface area contributed by atoms with Crippen LogP contribution < -0.4 is 5.32 Å². The largest absolute Gasteiger partial charge is 0.326 e. The van der Waals surface area contributed by atoms with Gasteiger partial charge in [0.25, 0.3) is 0 Å². The second kappa shape index (κ2) is 8.22. The van der Waals surface area contributed by atoms with E-state index in [4.69, 9.17) is 0 Å². The van der Waals surface area contributed by atoms with Crippen LogP contribution in [0.2, 0.25) is 0 Å². The fourth-order valence-electron chi connectivity index (χ4n) is 2.37. The summed E-state index contributed by atoms with van der Waals surface area (Å²) in [5, 5.41) is 4.84. The van der Waals surface area contributed by atoms with Crippen molar-refractivity contribution >= 4 is 34.8 Å². The van der Waals surface area contributed by atoms with E-state index < -0.39 is 0 Å². The molecule has 3 rings (SSSR count). The van der Waals surface area contributed by atoms with Crippen molar-refractivity contribution < 1.29 is 9.59 Å². The Morgan fingerprint density at radius 1 is 0.960 bits per heavy atom. The lowest BCUT2D eigenvalue weighted by atomic mass is 10.1. The van der Waals surface area contributed by atoms with Crippen LogP contribution in [-0.4, -0.2) is 11.7 Å². The van der Waals surface area contributed by atoms with Gasteiger partial charge in [-0.2, -0.15) is 0 Å². The molecular weight excluding hydrogens is 330 g/mol. The van der Waals surface area contributed by atoms with Crippen LogP contribution in [0.5, 0.6) is 0 Å². The molecule has 0 fully saturated rings. The van der Waals surface area contributed by atoms with Crippen molar-refractivity contribution in [3.05, 3.63) is 94.2 Å². The molecule has 1 aromatic heterocycles. The average Bonchev–Trinajstić information content (AvgIpc) is 3.13. The van der Waals surface area contributed by atoms with E-state index >= 15 is 0 Å². The normalized spacial score (nSPS) is 10.7. The van der Waals surface area contributed by atoms with Crippen LogP contribution in [0.3, 0.4) is 0 Å². The van der Waals surface area contributed by atoms with E-state index in [1.807, 2.05) is 60.0 Å². The van der Waals surface area contributed by atoms with Gasteiger partial charge in [0.2, 0.25) is 5.91 Å². The monoisotopic (exact) mass is 347 g/mol. The van der Waals surface area contributed by atoms with Gasteiger partial charge in [0.1, 0.15) is 0 Å². The number of hydrogen-bond acceptors (Lipinski definition) is 3. The van der Waals surface area contributed by atoms with Crippen molar-refractivity contribution in [2.75, 3.05) is 5.32 Å². The Morgan fingerprint density at radius 2 is 1.80 bits per heavy atom. The Balaban J connectivity index is 1.64. The Labute approximate surface area is 150 Å². The zero-order chi connectivity index (χ0) is 17.5. The molecule has 0 unspecified atom stereocenters. The van der Waals surface area contributed by atoms with Crippen LogP contribution in [0.15, 0.2) is 78.2 Å². The highest BCUT2D eigenvalue weighted by Gasteiger charge is 2.05. The molecule has 0 saturated carbocycles. The Morgan fingerprint density at radius 3 is 2.56 bits per heavy atom. The Hall–Kier alpha value is -2.98. The number of thiophene rings is 1. The number of hydrogen-bond donors (Lipinski definition) is 1. The summed E-state index contributed by atoms with van der Waals surface area (Å²) in [7, 11) is 0. The molecule has 124 valence electrons. The minimum absolute atomic E-state index is 0.0484. The molecule has 0 aliphatic heterocycles. The molecule has 2 aromatic carbocycles. The summed E-state index contributed by atoms with van der Waals surface area (Å²) in [5.74, 6) is -0.100. The smallest absolute Gasteiger partial charge is 0.229 e. The highest BCUT2D eigenvalue weighted by molar-refractivity contribution is 7.10. The number of carbonyl (C=O) groups is 2. The van der Waals surface area contributed by atoms with Crippen LogP contribution in [-0.2, 0) is 11.2 Å². The second-order valence-corrected chi connectivity index (χ2v) is 6.53. The summed E-state index contributed by atoms with van der Waals surface area (Å²) in [6.45, 7) is 0. The number of allylic oxidation sites excluding steroid dienone is 1. The van der Waals surface area contributed by atoms with Gasteiger partial charge in [-0.25, -0.2) is 0 Å². The lowest BCUT2D eigenvalue weighted by Gasteiger charge is -2.05. The van der Waals surface area contributed by atoms with Gasteiger partial charge in [0.05, 0.1) is 6.42 Å². The van der Waals surface area contributed by atoms with Gasteiger partial charge in [-0.05, 0) is 35.2 Å². The zero-order valence-corrected chi connectivity index (χ0v) is 14.3. The van der Waals surface area contributed by atoms with E-state index in [9.17, 15) is 9.59 Å². The SMILES string of the molecule is O=C(Cc1cccs1)Nc1cccc(/C=C/C(=O)c2ccccc2)c1. The molecule has 1 heterocycles. The minimum Gasteiger partial charge on any atom is -0.326 e. The predicted octanol–water partition coefficient (Wildman–Crippen LogP) is 4.83. The van der Waals surface area contributed by atoms with Crippen molar-refractivity contribution in [2.24, 2.45) is 0 Å². The molecule has 4 heteroatoms. The first kappa shape index (κ1) is 16.9. The van der Waals surface area contributed by atoms with Crippen molar-refractivity contribution in [3.8, 4) is 0 Å². The number of rotatable bonds is 6.